The molecule has 1 heterocycles. The molecule has 4 nitrogen and oxygen atoms in total. The van der Waals surface area contributed by atoms with E-state index in [0.717, 1.165) is 22.7 Å². The lowest BCUT2D eigenvalue weighted by Gasteiger charge is -2.06. The Hall–Kier alpha value is -2.18. The molecule has 1 aromatic heterocycles. The quantitative estimate of drug-likeness (QED) is 0.686. The van der Waals surface area contributed by atoms with Crippen LogP contribution in [0.1, 0.15) is 13.8 Å². The molecule has 0 atom stereocenters. The number of hydrogen-bond donors (Lipinski definition) is 1. The van der Waals surface area contributed by atoms with Gasteiger partial charge in [0.05, 0.1) is 11.4 Å². The van der Waals surface area contributed by atoms with E-state index in [1.165, 1.54) is 18.2 Å². The zero-order chi connectivity index (χ0) is 16.9. The Bertz CT molecular complexity index is 898. The minimum absolute atomic E-state index is 0. The number of rotatable bonds is 4. The van der Waals surface area contributed by atoms with Crippen LogP contribution in [-0.2, 0) is 11.3 Å². The van der Waals surface area contributed by atoms with E-state index in [2.05, 4.69) is 34.3 Å². The van der Waals surface area contributed by atoms with E-state index in [1.54, 1.807) is 11.3 Å². The van der Waals surface area contributed by atoms with Gasteiger partial charge in [0.15, 0.2) is 4.80 Å². The predicted molar refractivity (Wildman–Crippen MR) is 99.4 cm³/mol. The number of hydrogen-bond acceptors (Lipinski definition) is 3. The number of carbonyl (C=O) groups excluding carboxylic acids is 1. The maximum Gasteiger partial charge on any atom is 0.221 e. The van der Waals surface area contributed by atoms with E-state index in [4.69, 9.17) is 4.99 Å². The van der Waals surface area contributed by atoms with E-state index >= 15 is 0 Å². The molecule has 0 unspecified atom stereocenters. The molecule has 1 N–H and O–H groups in total. The lowest BCUT2D eigenvalue weighted by atomic mass is 10.2. The minimum atomic E-state index is -0.0747. The fourth-order valence-electron chi connectivity index (χ4n) is 2.50. The zero-order valence-corrected chi connectivity index (χ0v) is 16.5. The smallest absolute Gasteiger partial charge is 0.221 e. The molecule has 0 saturated heterocycles. The van der Waals surface area contributed by atoms with Crippen LogP contribution in [0.5, 0.6) is 0 Å². The normalized spacial score (nSPS) is 11.0. The summed E-state index contributed by atoms with van der Waals surface area (Å²) >= 11 is 1.63. The number of benzene rings is 2. The number of aromatic nitrogens is 1. The molecule has 0 aliphatic carbocycles. The lowest BCUT2D eigenvalue weighted by molar-refractivity contribution is -0.114. The highest BCUT2D eigenvalue weighted by atomic mass is 79.9. The number of anilines is 1. The summed E-state index contributed by atoms with van der Waals surface area (Å²) in [5.41, 5.74) is 4.02. The molecule has 130 valence electrons. The van der Waals surface area contributed by atoms with Crippen molar-refractivity contribution < 1.29 is 21.8 Å². The summed E-state index contributed by atoms with van der Waals surface area (Å²) in [5, 5.41) is 4.90. The second-order valence-corrected chi connectivity index (χ2v) is 6.19. The topological polar surface area (TPSA) is 46.4 Å². The molecule has 0 aliphatic rings. The highest BCUT2D eigenvalue weighted by molar-refractivity contribution is 7.07. The molecule has 0 spiro atoms. The van der Waals surface area contributed by atoms with Crippen LogP contribution in [0.25, 0.3) is 11.3 Å². The van der Waals surface area contributed by atoms with Crippen molar-refractivity contribution in [3.8, 4) is 11.3 Å². The molecule has 3 rings (SSSR count). The van der Waals surface area contributed by atoms with Gasteiger partial charge in [-0.3, -0.25) is 4.79 Å². The zero-order valence-electron chi connectivity index (χ0n) is 14.1. The Kier molecular flexibility index (Phi) is 6.73. The third kappa shape index (κ3) is 4.67. The molecular formula is C19H19BrN3OS-. The van der Waals surface area contributed by atoms with Crippen molar-refractivity contribution in [2.24, 2.45) is 4.99 Å². The molecule has 3 aromatic rings. The second kappa shape index (κ2) is 8.78. The number of amides is 1. The molecule has 1 amide bonds. The lowest BCUT2D eigenvalue weighted by Crippen LogP contribution is -3.00. The molecular weight excluding hydrogens is 398 g/mol. The fourth-order valence-corrected chi connectivity index (χ4v) is 3.49. The van der Waals surface area contributed by atoms with E-state index in [-0.39, 0.29) is 22.9 Å². The maximum atomic E-state index is 11.1. The number of nitrogens with zero attached hydrogens (tertiary/aromatic N) is 2. The van der Waals surface area contributed by atoms with Crippen molar-refractivity contribution >= 4 is 28.6 Å². The van der Waals surface area contributed by atoms with E-state index in [1.807, 2.05) is 42.5 Å². The van der Waals surface area contributed by atoms with Crippen LogP contribution < -0.4 is 27.1 Å². The average molecular weight is 417 g/mol. The molecule has 0 radical (unpaired) electrons. The van der Waals surface area contributed by atoms with Gasteiger partial charge in [-0.25, -0.2) is 4.99 Å². The Morgan fingerprint density at radius 1 is 1.12 bits per heavy atom. The van der Waals surface area contributed by atoms with Gasteiger partial charge in [-0.15, -0.1) is 11.3 Å². The summed E-state index contributed by atoms with van der Waals surface area (Å²) in [4.78, 5) is 16.8. The van der Waals surface area contributed by atoms with Gasteiger partial charge in [0, 0.05) is 24.5 Å². The monoisotopic (exact) mass is 416 g/mol. The minimum Gasteiger partial charge on any atom is -1.00 e. The van der Waals surface area contributed by atoms with E-state index in [0.29, 0.717) is 0 Å². The first-order valence-electron chi connectivity index (χ1n) is 7.83. The maximum absolute atomic E-state index is 11.1. The van der Waals surface area contributed by atoms with Gasteiger partial charge in [-0.2, -0.15) is 0 Å². The first-order valence-corrected chi connectivity index (χ1v) is 8.71. The SMILES string of the molecule is CCn1c(-c2ccccc2)csc1=Nc1ccc(NC(C)=O)cc1.[Br-]. The molecule has 0 bridgehead atoms. The number of halogens is 1. The van der Waals surface area contributed by atoms with Gasteiger partial charge in [0.1, 0.15) is 0 Å². The molecule has 2 aromatic carbocycles. The van der Waals surface area contributed by atoms with Gasteiger partial charge in [-0.1, -0.05) is 30.3 Å². The largest absolute Gasteiger partial charge is 1.00 e. The standard InChI is InChI=1S/C19H19N3OS.BrH/c1-3-22-18(15-7-5-4-6-8-15)13-24-19(22)21-17-11-9-16(10-12-17)20-14(2)23;/h4-13H,3H2,1-2H3,(H,20,23);1H/p-1. The second-order valence-electron chi connectivity index (χ2n) is 5.35. The molecule has 0 fully saturated rings. The molecule has 25 heavy (non-hydrogen) atoms. The van der Waals surface area contributed by atoms with Crippen LogP contribution in [0.4, 0.5) is 11.4 Å². The van der Waals surface area contributed by atoms with Crippen LogP contribution in [-0.4, -0.2) is 10.5 Å². The van der Waals surface area contributed by atoms with Crippen molar-refractivity contribution in [2.45, 2.75) is 20.4 Å². The Morgan fingerprint density at radius 2 is 1.80 bits per heavy atom. The van der Waals surface area contributed by atoms with Crippen LogP contribution in [0.3, 0.4) is 0 Å². The van der Waals surface area contributed by atoms with Crippen molar-refractivity contribution in [3.63, 3.8) is 0 Å². The Balaban J connectivity index is 0.00000225. The van der Waals surface area contributed by atoms with Gasteiger partial charge in [0.25, 0.3) is 0 Å². The summed E-state index contributed by atoms with van der Waals surface area (Å²) < 4.78 is 2.21. The van der Waals surface area contributed by atoms with Crippen LogP contribution >= 0.6 is 11.3 Å². The third-order valence-electron chi connectivity index (χ3n) is 3.60. The third-order valence-corrected chi connectivity index (χ3v) is 4.46. The number of nitrogens with one attached hydrogen (secondary N) is 1. The van der Waals surface area contributed by atoms with Gasteiger partial charge < -0.3 is 26.9 Å². The Morgan fingerprint density at radius 3 is 2.40 bits per heavy atom. The number of thiazole rings is 1. The van der Waals surface area contributed by atoms with Crippen molar-refractivity contribution in [3.05, 3.63) is 64.8 Å². The van der Waals surface area contributed by atoms with E-state index < -0.39 is 0 Å². The summed E-state index contributed by atoms with van der Waals surface area (Å²) in [5.74, 6) is -0.0747. The summed E-state index contributed by atoms with van der Waals surface area (Å²) in [6.45, 7) is 4.48. The van der Waals surface area contributed by atoms with Gasteiger partial charge in [0.2, 0.25) is 5.91 Å². The Labute approximate surface area is 161 Å². The predicted octanol–water partition coefficient (Wildman–Crippen LogP) is 1.43. The molecule has 6 heteroatoms. The highest BCUT2D eigenvalue weighted by Gasteiger charge is 2.06. The summed E-state index contributed by atoms with van der Waals surface area (Å²) in [6.07, 6.45) is 0. The number of carbonyl (C=O) groups is 1. The first kappa shape index (κ1) is 19.1. The summed E-state index contributed by atoms with van der Waals surface area (Å²) in [7, 11) is 0. The van der Waals surface area contributed by atoms with Crippen molar-refractivity contribution in [1.29, 1.82) is 0 Å². The van der Waals surface area contributed by atoms with Crippen molar-refractivity contribution in [1.82, 2.24) is 4.57 Å². The van der Waals surface area contributed by atoms with Crippen LogP contribution in [0, 0.1) is 0 Å². The first-order chi connectivity index (χ1) is 11.7. The highest BCUT2D eigenvalue weighted by Crippen LogP contribution is 2.21. The van der Waals surface area contributed by atoms with E-state index in [9.17, 15) is 4.79 Å². The van der Waals surface area contributed by atoms with Gasteiger partial charge >= 0.3 is 0 Å². The van der Waals surface area contributed by atoms with Crippen LogP contribution in [0.2, 0.25) is 0 Å². The van der Waals surface area contributed by atoms with Gasteiger partial charge in [-0.05, 0) is 36.8 Å². The average Bonchev–Trinajstić information content (AvgIpc) is 2.99. The van der Waals surface area contributed by atoms with Crippen LogP contribution in [0.15, 0.2) is 65.0 Å². The molecule has 0 aliphatic heterocycles. The fraction of sp³-hybridized carbons (Fsp3) is 0.158. The summed E-state index contributed by atoms with van der Waals surface area (Å²) in [6, 6.07) is 17.9. The molecule has 0 saturated carbocycles. The van der Waals surface area contributed by atoms with Crippen molar-refractivity contribution in [2.75, 3.05) is 5.32 Å².